The number of hydrogen-bond acceptors (Lipinski definition) is 2. The summed E-state index contributed by atoms with van der Waals surface area (Å²) in [7, 11) is 0. The lowest BCUT2D eigenvalue weighted by molar-refractivity contribution is 0.0976. The Bertz CT molecular complexity index is 610. The number of ether oxygens (including phenoxy) is 1. The van der Waals surface area contributed by atoms with Crippen molar-refractivity contribution in [2.75, 3.05) is 18.1 Å². The minimum atomic E-state index is 0.0205. The van der Waals surface area contributed by atoms with Crippen LogP contribution in [0.15, 0.2) is 48.5 Å². The zero-order valence-electron chi connectivity index (χ0n) is 10.2. The number of carbonyl (C=O) groups excluding carboxylic acids is 1. The van der Waals surface area contributed by atoms with Crippen LogP contribution in [0.3, 0.4) is 0 Å². The number of para-hydroxylation sites is 2. The zero-order valence-corrected chi connectivity index (χ0v) is 12.3. The van der Waals surface area contributed by atoms with Crippen LogP contribution in [0.25, 0.3) is 0 Å². The van der Waals surface area contributed by atoms with Crippen molar-refractivity contribution < 1.29 is 9.53 Å². The molecule has 0 radical (unpaired) electrons. The first-order chi connectivity index (χ1) is 9.25. The first-order valence-electron chi connectivity index (χ1n) is 6.05. The molecule has 1 amide bonds. The lowest BCUT2D eigenvalue weighted by atomic mass is 10.1. The zero-order chi connectivity index (χ0) is 13.2. The molecule has 3 rings (SSSR count). The normalized spacial score (nSPS) is 13.6. The van der Waals surface area contributed by atoms with Gasteiger partial charge in [-0.15, -0.1) is 0 Å². The summed E-state index contributed by atoms with van der Waals surface area (Å²) >= 11 is 2.23. The first kappa shape index (κ1) is 12.5. The van der Waals surface area contributed by atoms with Crippen LogP contribution in [-0.2, 0) is 0 Å². The number of halogens is 1. The van der Waals surface area contributed by atoms with Gasteiger partial charge in [0.15, 0.2) is 0 Å². The third-order valence-corrected chi connectivity index (χ3v) is 3.78. The van der Waals surface area contributed by atoms with E-state index in [1.807, 2.05) is 48.5 Å². The van der Waals surface area contributed by atoms with Crippen molar-refractivity contribution in [3.63, 3.8) is 0 Å². The van der Waals surface area contributed by atoms with Crippen LogP contribution in [0.5, 0.6) is 5.75 Å². The van der Waals surface area contributed by atoms with Crippen molar-refractivity contribution in [1.29, 1.82) is 0 Å². The Hall–Kier alpha value is -1.56. The van der Waals surface area contributed by atoms with Crippen molar-refractivity contribution in [3.05, 3.63) is 57.7 Å². The number of hydrogen-bond donors (Lipinski definition) is 0. The molecule has 1 heterocycles. The van der Waals surface area contributed by atoms with Crippen LogP contribution in [0.4, 0.5) is 5.69 Å². The van der Waals surface area contributed by atoms with E-state index in [4.69, 9.17) is 4.74 Å². The molecule has 1 aliphatic heterocycles. The van der Waals surface area contributed by atoms with Gasteiger partial charge in [0.2, 0.25) is 0 Å². The molecule has 0 saturated heterocycles. The number of nitrogens with zero attached hydrogens (tertiary/aromatic N) is 1. The highest BCUT2D eigenvalue weighted by molar-refractivity contribution is 14.1. The highest BCUT2D eigenvalue weighted by Gasteiger charge is 2.24. The highest BCUT2D eigenvalue weighted by Crippen LogP contribution is 2.31. The lowest BCUT2D eigenvalue weighted by Gasteiger charge is -2.29. The largest absolute Gasteiger partial charge is 0.490 e. The first-order valence-corrected chi connectivity index (χ1v) is 7.13. The molecule has 19 heavy (non-hydrogen) atoms. The van der Waals surface area contributed by atoms with Crippen molar-refractivity contribution in [1.82, 2.24) is 0 Å². The molecule has 0 spiro atoms. The van der Waals surface area contributed by atoms with Gasteiger partial charge in [0.1, 0.15) is 12.4 Å². The maximum Gasteiger partial charge on any atom is 0.258 e. The predicted octanol–water partition coefficient (Wildman–Crippen LogP) is 3.33. The third kappa shape index (κ3) is 2.45. The summed E-state index contributed by atoms with van der Waals surface area (Å²) in [6, 6.07) is 15.3. The standard InChI is InChI=1S/C15H12INO2/c16-12-7-5-11(6-8-12)15(18)17-9-10-19-14-4-2-1-3-13(14)17/h1-8H,9-10H2. The van der Waals surface area contributed by atoms with E-state index >= 15 is 0 Å². The van der Waals surface area contributed by atoms with E-state index in [2.05, 4.69) is 22.6 Å². The maximum atomic E-state index is 12.5. The summed E-state index contributed by atoms with van der Waals surface area (Å²) in [5.74, 6) is 0.791. The highest BCUT2D eigenvalue weighted by atomic mass is 127. The van der Waals surface area contributed by atoms with Crippen LogP contribution in [0.1, 0.15) is 10.4 Å². The van der Waals surface area contributed by atoms with Gasteiger partial charge in [0.05, 0.1) is 12.2 Å². The van der Waals surface area contributed by atoms with E-state index in [0.717, 1.165) is 15.0 Å². The predicted molar refractivity (Wildman–Crippen MR) is 82.8 cm³/mol. The van der Waals surface area contributed by atoms with Gasteiger partial charge in [0, 0.05) is 9.13 Å². The van der Waals surface area contributed by atoms with Gasteiger partial charge in [-0.05, 0) is 59.0 Å². The molecular formula is C15H12INO2. The molecule has 0 fully saturated rings. The van der Waals surface area contributed by atoms with E-state index in [1.165, 1.54) is 0 Å². The molecule has 0 aromatic heterocycles. The molecule has 0 N–H and O–H groups in total. The molecule has 0 aliphatic carbocycles. The number of rotatable bonds is 1. The van der Waals surface area contributed by atoms with Crippen molar-refractivity contribution in [2.45, 2.75) is 0 Å². The molecule has 0 unspecified atom stereocenters. The minimum absolute atomic E-state index is 0.0205. The van der Waals surface area contributed by atoms with Gasteiger partial charge in [-0.1, -0.05) is 12.1 Å². The Kier molecular flexibility index (Phi) is 3.42. The van der Waals surface area contributed by atoms with E-state index in [-0.39, 0.29) is 5.91 Å². The Morgan fingerprint density at radius 1 is 1.11 bits per heavy atom. The van der Waals surface area contributed by atoms with E-state index in [1.54, 1.807) is 4.90 Å². The fourth-order valence-electron chi connectivity index (χ4n) is 2.13. The molecule has 0 saturated carbocycles. The summed E-state index contributed by atoms with van der Waals surface area (Å²) < 4.78 is 6.69. The smallest absolute Gasteiger partial charge is 0.258 e. The summed E-state index contributed by atoms with van der Waals surface area (Å²) in [6.45, 7) is 1.12. The van der Waals surface area contributed by atoms with E-state index < -0.39 is 0 Å². The second-order valence-electron chi connectivity index (χ2n) is 4.28. The Morgan fingerprint density at radius 2 is 1.84 bits per heavy atom. The quantitative estimate of drug-likeness (QED) is 0.726. The number of anilines is 1. The number of carbonyl (C=O) groups is 1. The maximum absolute atomic E-state index is 12.5. The summed E-state index contributed by atoms with van der Waals surface area (Å²) in [6.07, 6.45) is 0. The molecule has 0 bridgehead atoms. The number of amides is 1. The molecular weight excluding hydrogens is 353 g/mol. The van der Waals surface area contributed by atoms with Crippen LogP contribution >= 0.6 is 22.6 Å². The van der Waals surface area contributed by atoms with Gasteiger partial charge in [-0.25, -0.2) is 0 Å². The third-order valence-electron chi connectivity index (χ3n) is 3.06. The van der Waals surface area contributed by atoms with Gasteiger partial charge in [-0.3, -0.25) is 4.79 Å². The number of fused-ring (bicyclic) bond motifs is 1. The van der Waals surface area contributed by atoms with Gasteiger partial charge >= 0.3 is 0 Å². The SMILES string of the molecule is O=C(c1ccc(I)cc1)N1CCOc2ccccc21. The van der Waals surface area contributed by atoms with Crippen molar-refractivity contribution in [2.24, 2.45) is 0 Å². The fourth-order valence-corrected chi connectivity index (χ4v) is 2.49. The molecule has 1 aliphatic rings. The minimum Gasteiger partial charge on any atom is -0.490 e. The van der Waals surface area contributed by atoms with Crippen LogP contribution < -0.4 is 9.64 Å². The average molecular weight is 365 g/mol. The second-order valence-corrected chi connectivity index (χ2v) is 5.53. The van der Waals surface area contributed by atoms with Crippen molar-refractivity contribution >= 4 is 34.2 Å². The van der Waals surface area contributed by atoms with Gasteiger partial charge < -0.3 is 9.64 Å². The summed E-state index contributed by atoms with van der Waals surface area (Å²) in [5.41, 5.74) is 1.55. The fraction of sp³-hybridized carbons (Fsp3) is 0.133. The van der Waals surface area contributed by atoms with Crippen LogP contribution in [0, 0.1) is 3.57 Å². The second kappa shape index (κ2) is 5.21. The molecule has 2 aromatic rings. The van der Waals surface area contributed by atoms with Gasteiger partial charge in [-0.2, -0.15) is 0 Å². The molecule has 96 valence electrons. The molecule has 2 aromatic carbocycles. The topological polar surface area (TPSA) is 29.5 Å². The molecule has 4 heteroatoms. The van der Waals surface area contributed by atoms with E-state index in [0.29, 0.717) is 18.7 Å². The summed E-state index contributed by atoms with van der Waals surface area (Å²) in [5, 5.41) is 0. The average Bonchev–Trinajstić information content (AvgIpc) is 2.47. The Balaban J connectivity index is 1.95. The Labute approximate surface area is 125 Å². The monoisotopic (exact) mass is 365 g/mol. The molecule has 0 atom stereocenters. The lowest BCUT2D eigenvalue weighted by Crippen LogP contribution is -2.37. The Morgan fingerprint density at radius 3 is 2.63 bits per heavy atom. The van der Waals surface area contributed by atoms with Gasteiger partial charge in [0.25, 0.3) is 5.91 Å². The van der Waals surface area contributed by atoms with Crippen LogP contribution in [-0.4, -0.2) is 19.1 Å². The number of benzene rings is 2. The van der Waals surface area contributed by atoms with Crippen molar-refractivity contribution in [3.8, 4) is 5.75 Å². The van der Waals surface area contributed by atoms with E-state index in [9.17, 15) is 4.79 Å². The van der Waals surface area contributed by atoms with Crippen LogP contribution in [0.2, 0.25) is 0 Å². The molecule has 3 nitrogen and oxygen atoms in total. The summed E-state index contributed by atoms with van der Waals surface area (Å²) in [4.78, 5) is 14.3.